The fourth-order valence-electron chi connectivity index (χ4n) is 3.57. The largest absolute Gasteiger partial charge is 0.361 e. The second-order valence-corrected chi connectivity index (χ2v) is 7.17. The third-order valence-electron chi connectivity index (χ3n) is 4.88. The molecule has 0 radical (unpaired) electrons. The first-order valence-corrected chi connectivity index (χ1v) is 9.03. The van der Waals surface area contributed by atoms with Crippen molar-refractivity contribution in [1.29, 1.82) is 0 Å². The lowest BCUT2D eigenvalue weighted by molar-refractivity contribution is -0.133. The molecule has 23 heavy (non-hydrogen) atoms. The van der Waals surface area contributed by atoms with Gasteiger partial charge in [0.15, 0.2) is 0 Å². The Labute approximate surface area is 139 Å². The highest BCUT2D eigenvalue weighted by Crippen LogP contribution is 2.33. The molecule has 1 unspecified atom stereocenters. The summed E-state index contributed by atoms with van der Waals surface area (Å²) in [5.74, 6) is 0.264. The molecule has 3 nitrogen and oxygen atoms in total. The number of carbonyl (C=O) groups is 1. The van der Waals surface area contributed by atoms with Crippen LogP contribution < -0.4 is 0 Å². The first-order valence-electron chi connectivity index (χ1n) is 8.15. The number of nitrogens with one attached hydrogen (secondary N) is 1. The van der Waals surface area contributed by atoms with Crippen molar-refractivity contribution < 1.29 is 4.79 Å². The van der Waals surface area contributed by atoms with Crippen LogP contribution in [0.25, 0.3) is 10.9 Å². The molecule has 1 atom stereocenters. The van der Waals surface area contributed by atoms with Crippen molar-refractivity contribution in [2.75, 3.05) is 6.54 Å². The van der Waals surface area contributed by atoms with Crippen LogP contribution in [0, 0.1) is 0 Å². The van der Waals surface area contributed by atoms with Crippen LogP contribution in [0.2, 0.25) is 0 Å². The zero-order valence-corrected chi connectivity index (χ0v) is 14.0. The van der Waals surface area contributed by atoms with E-state index in [2.05, 4.69) is 35.5 Å². The number of aryl methyl sites for hydroxylation is 1. The summed E-state index contributed by atoms with van der Waals surface area (Å²) in [6, 6.07) is 10.6. The Morgan fingerprint density at radius 1 is 1.35 bits per heavy atom. The van der Waals surface area contributed by atoms with Crippen molar-refractivity contribution in [3.8, 4) is 0 Å². The standard InChI is InChI=1S/C19H20N2OS/c1-13-15-9-11-23-18(15)8-10-21(13)19(22)7-6-14-12-20-17-5-3-2-4-16(14)17/h2-5,9,11-13,20H,6-8,10H2,1H3. The topological polar surface area (TPSA) is 36.1 Å². The van der Waals surface area contributed by atoms with E-state index in [-0.39, 0.29) is 11.9 Å². The Hall–Kier alpha value is -2.07. The van der Waals surface area contributed by atoms with Gasteiger partial charge in [-0.3, -0.25) is 4.79 Å². The Morgan fingerprint density at radius 3 is 3.13 bits per heavy atom. The van der Waals surface area contributed by atoms with E-state index in [1.54, 1.807) is 0 Å². The van der Waals surface area contributed by atoms with Gasteiger partial charge in [-0.2, -0.15) is 0 Å². The van der Waals surface area contributed by atoms with E-state index < -0.39 is 0 Å². The highest BCUT2D eigenvalue weighted by Gasteiger charge is 2.27. The Bertz CT molecular complexity index is 848. The maximum Gasteiger partial charge on any atom is 0.223 e. The van der Waals surface area contributed by atoms with E-state index >= 15 is 0 Å². The number of aromatic amines is 1. The molecule has 118 valence electrons. The SMILES string of the molecule is CC1c2ccsc2CCN1C(=O)CCc1c[nH]c2ccccc12. The number of benzene rings is 1. The van der Waals surface area contributed by atoms with E-state index in [1.165, 1.54) is 21.4 Å². The Morgan fingerprint density at radius 2 is 2.22 bits per heavy atom. The summed E-state index contributed by atoms with van der Waals surface area (Å²) in [4.78, 5) is 19.5. The molecule has 2 aromatic heterocycles. The van der Waals surface area contributed by atoms with E-state index in [9.17, 15) is 4.79 Å². The highest BCUT2D eigenvalue weighted by atomic mass is 32.1. The number of rotatable bonds is 3. The van der Waals surface area contributed by atoms with Crippen molar-refractivity contribution in [2.45, 2.75) is 32.2 Å². The molecule has 0 spiro atoms. The summed E-state index contributed by atoms with van der Waals surface area (Å²) in [6.45, 7) is 3.00. The lowest BCUT2D eigenvalue weighted by Crippen LogP contribution is -2.38. The smallest absolute Gasteiger partial charge is 0.223 e. The molecular weight excluding hydrogens is 304 g/mol. The predicted molar refractivity (Wildman–Crippen MR) is 94.8 cm³/mol. The van der Waals surface area contributed by atoms with Crippen LogP contribution in [0.4, 0.5) is 0 Å². The van der Waals surface area contributed by atoms with Gasteiger partial charge in [-0.1, -0.05) is 18.2 Å². The minimum absolute atomic E-state index is 0.209. The number of H-pyrrole nitrogens is 1. The normalized spacial score (nSPS) is 17.4. The number of thiophene rings is 1. The molecule has 4 heteroatoms. The third-order valence-corrected chi connectivity index (χ3v) is 5.88. The number of nitrogens with zero attached hydrogens (tertiary/aromatic N) is 1. The molecule has 1 N–H and O–H groups in total. The molecule has 3 aromatic rings. The molecule has 1 aliphatic rings. The molecule has 1 aromatic carbocycles. The van der Waals surface area contributed by atoms with Gasteiger partial charge in [0.05, 0.1) is 6.04 Å². The van der Waals surface area contributed by atoms with Gasteiger partial charge in [-0.25, -0.2) is 0 Å². The van der Waals surface area contributed by atoms with Crippen LogP contribution >= 0.6 is 11.3 Å². The summed E-state index contributed by atoms with van der Waals surface area (Å²) in [6.07, 6.45) is 4.40. The molecule has 3 heterocycles. The molecule has 0 saturated carbocycles. The molecule has 0 saturated heterocycles. The molecule has 0 fully saturated rings. The summed E-state index contributed by atoms with van der Waals surface area (Å²) in [5, 5.41) is 3.37. The average molecular weight is 324 g/mol. The van der Waals surface area contributed by atoms with Gasteiger partial charge in [-0.05, 0) is 48.4 Å². The monoisotopic (exact) mass is 324 g/mol. The summed E-state index contributed by atoms with van der Waals surface area (Å²) in [5.41, 5.74) is 3.71. The van der Waals surface area contributed by atoms with Crippen LogP contribution in [0.15, 0.2) is 41.9 Å². The number of aromatic nitrogens is 1. The molecular formula is C19H20N2OS. The number of fused-ring (bicyclic) bond motifs is 2. The minimum atomic E-state index is 0.209. The second-order valence-electron chi connectivity index (χ2n) is 6.17. The Balaban J connectivity index is 1.46. The van der Waals surface area contributed by atoms with Gasteiger partial charge >= 0.3 is 0 Å². The predicted octanol–water partition coefficient (Wildman–Crippen LogP) is 4.31. The lowest BCUT2D eigenvalue weighted by atomic mass is 10.0. The van der Waals surface area contributed by atoms with Gasteiger partial charge in [-0.15, -0.1) is 11.3 Å². The molecule has 1 aliphatic heterocycles. The van der Waals surface area contributed by atoms with E-state index in [1.807, 2.05) is 34.6 Å². The highest BCUT2D eigenvalue weighted by molar-refractivity contribution is 7.10. The van der Waals surface area contributed by atoms with Crippen LogP contribution in [0.3, 0.4) is 0 Å². The van der Waals surface area contributed by atoms with Gasteiger partial charge in [0, 0.05) is 34.9 Å². The Kier molecular flexibility index (Phi) is 3.69. The van der Waals surface area contributed by atoms with Crippen molar-refractivity contribution in [3.05, 3.63) is 57.9 Å². The summed E-state index contributed by atoms with van der Waals surface area (Å²) in [7, 11) is 0. The fraction of sp³-hybridized carbons (Fsp3) is 0.316. The van der Waals surface area contributed by atoms with Crippen molar-refractivity contribution >= 4 is 28.1 Å². The molecule has 4 rings (SSSR count). The van der Waals surface area contributed by atoms with E-state index in [4.69, 9.17) is 0 Å². The van der Waals surface area contributed by atoms with Crippen LogP contribution in [-0.2, 0) is 17.6 Å². The molecule has 0 bridgehead atoms. The van der Waals surface area contributed by atoms with Gasteiger partial charge in [0.2, 0.25) is 5.91 Å². The number of hydrogen-bond donors (Lipinski definition) is 1. The average Bonchev–Trinajstić information content (AvgIpc) is 3.20. The van der Waals surface area contributed by atoms with Crippen LogP contribution in [-0.4, -0.2) is 22.3 Å². The maximum atomic E-state index is 12.7. The number of amides is 1. The van der Waals surface area contributed by atoms with Gasteiger partial charge in [0.1, 0.15) is 0 Å². The minimum Gasteiger partial charge on any atom is -0.361 e. The lowest BCUT2D eigenvalue weighted by Gasteiger charge is -2.33. The maximum absolute atomic E-state index is 12.7. The fourth-order valence-corrected chi connectivity index (χ4v) is 4.54. The second kappa shape index (κ2) is 5.85. The zero-order chi connectivity index (χ0) is 15.8. The summed E-state index contributed by atoms with van der Waals surface area (Å²) >= 11 is 1.81. The van der Waals surface area contributed by atoms with E-state index in [0.29, 0.717) is 6.42 Å². The van der Waals surface area contributed by atoms with E-state index in [0.717, 1.165) is 24.9 Å². The number of para-hydroxylation sites is 1. The third kappa shape index (κ3) is 2.57. The van der Waals surface area contributed by atoms with Gasteiger partial charge < -0.3 is 9.88 Å². The first kappa shape index (κ1) is 14.5. The van der Waals surface area contributed by atoms with Crippen molar-refractivity contribution in [2.24, 2.45) is 0 Å². The number of hydrogen-bond acceptors (Lipinski definition) is 2. The van der Waals surface area contributed by atoms with Gasteiger partial charge in [0.25, 0.3) is 0 Å². The quantitative estimate of drug-likeness (QED) is 0.766. The molecule has 1 amide bonds. The van der Waals surface area contributed by atoms with Crippen molar-refractivity contribution in [3.63, 3.8) is 0 Å². The first-order chi connectivity index (χ1) is 11.2. The van der Waals surface area contributed by atoms with Crippen molar-refractivity contribution in [1.82, 2.24) is 9.88 Å². The number of carbonyl (C=O) groups excluding carboxylic acids is 1. The zero-order valence-electron chi connectivity index (χ0n) is 13.2. The molecule has 0 aliphatic carbocycles. The van der Waals surface area contributed by atoms with Crippen LogP contribution in [0.5, 0.6) is 0 Å². The summed E-state index contributed by atoms with van der Waals surface area (Å²) < 4.78 is 0. The van der Waals surface area contributed by atoms with Crippen LogP contribution in [0.1, 0.15) is 35.4 Å².